The minimum Gasteiger partial charge on any atom is -0.468 e. The maximum absolute atomic E-state index is 12.2. The van der Waals surface area contributed by atoms with E-state index in [1.165, 1.54) is 22.7 Å². The molecule has 1 fully saturated rings. The van der Waals surface area contributed by atoms with Crippen LogP contribution >= 0.6 is 11.8 Å². The van der Waals surface area contributed by atoms with Crippen LogP contribution in [0, 0.1) is 5.92 Å². The van der Waals surface area contributed by atoms with E-state index >= 15 is 0 Å². The highest BCUT2D eigenvalue weighted by atomic mass is 32.2. The quantitative estimate of drug-likeness (QED) is 0.689. The standard InChI is InChI=1S/C15H25N3O4S2/c1-17(2)24(20,21)18-8-5-13(6-9-18)15(19)16-7-11-23-12-14-4-3-10-22-14/h3-4,10,13H,5-9,11-12H2,1-2H3,(H,16,19). The molecule has 0 atom stereocenters. The largest absolute Gasteiger partial charge is 0.468 e. The first-order valence-corrected chi connectivity index (χ1v) is 10.5. The molecule has 0 unspecified atom stereocenters. The Labute approximate surface area is 147 Å². The van der Waals surface area contributed by atoms with Crippen LogP contribution in [0.3, 0.4) is 0 Å². The molecular weight excluding hydrogens is 350 g/mol. The molecule has 0 aliphatic carbocycles. The average Bonchev–Trinajstić information content (AvgIpc) is 3.07. The monoisotopic (exact) mass is 375 g/mol. The van der Waals surface area contributed by atoms with Gasteiger partial charge in [0.1, 0.15) is 5.76 Å². The minimum absolute atomic E-state index is 0.0236. The van der Waals surface area contributed by atoms with Gasteiger partial charge >= 0.3 is 0 Å². The summed E-state index contributed by atoms with van der Waals surface area (Å²) in [6.45, 7) is 1.40. The highest BCUT2D eigenvalue weighted by Crippen LogP contribution is 2.20. The number of carbonyl (C=O) groups excluding carboxylic acids is 1. The van der Waals surface area contributed by atoms with Crippen molar-refractivity contribution in [3.8, 4) is 0 Å². The molecule has 1 aliphatic heterocycles. The van der Waals surface area contributed by atoms with Crippen molar-refractivity contribution < 1.29 is 17.6 Å². The predicted octanol–water partition coefficient (Wildman–Crippen LogP) is 1.15. The summed E-state index contributed by atoms with van der Waals surface area (Å²) >= 11 is 1.71. The first-order valence-electron chi connectivity index (χ1n) is 7.96. The number of nitrogens with one attached hydrogen (secondary N) is 1. The van der Waals surface area contributed by atoms with E-state index in [-0.39, 0.29) is 11.8 Å². The molecule has 24 heavy (non-hydrogen) atoms. The van der Waals surface area contributed by atoms with E-state index in [0.29, 0.717) is 32.5 Å². The normalized spacial score (nSPS) is 17.3. The van der Waals surface area contributed by atoms with Gasteiger partial charge in [0.2, 0.25) is 5.91 Å². The summed E-state index contributed by atoms with van der Waals surface area (Å²) < 4.78 is 32.0. The molecule has 1 saturated heterocycles. The molecule has 9 heteroatoms. The molecule has 1 aromatic rings. The van der Waals surface area contributed by atoms with Crippen molar-refractivity contribution in [1.29, 1.82) is 0 Å². The van der Waals surface area contributed by atoms with Crippen molar-refractivity contribution in [3.63, 3.8) is 0 Å². The second-order valence-corrected chi connectivity index (χ2v) is 9.13. The highest BCUT2D eigenvalue weighted by Gasteiger charge is 2.31. The zero-order chi connectivity index (χ0) is 17.6. The van der Waals surface area contributed by atoms with E-state index in [0.717, 1.165) is 17.3 Å². The highest BCUT2D eigenvalue weighted by molar-refractivity contribution is 7.98. The Morgan fingerprint density at radius 2 is 2.12 bits per heavy atom. The lowest BCUT2D eigenvalue weighted by Gasteiger charge is -2.32. The van der Waals surface area contributed by atoms with Crippen LogP contribution in [0.15, 0.2) is 22.8 Å². The van der Waals surface area contributed by atoms with Crippen LogP contribution in [0.5, 0.6) is 0 Å². The third-order valence-corrected chi connectivity index (χ3v) is 6.90. The molecule has 7 nitrogen and oxygen atoms in total. The van der Waals surface area contributed by atoms with Crippen LogP contribution in [0.25, 0.3) is 0 Å². The van der Waals surface area contributed by atoms with Gasteiger partial charge in [-0.15, -0.1) is 0 Å². The molecular formula is C15H25N3O4S2. The van der Waals surface area contributed by atoms with E-state index in [1.54, 1.807) is 18.0 Å². The van der Waals surface area contributed by atoms with Gasteiger partial charge in [-0.1, -0.05) is 0 Å². The Balaban J connectivity index is 1.64. The van der Waals surface area contributed by atoms with Crippen molar-refractivity contribution in [2.24, 2.45) is 5.92 Å². The molecule has 0 spiro atoms. The van der Waals surface area contributed by atoms with Crippen molar-refractivity contribution in [3.05, 3.63) is 24.2 Å². The van der Waals surface area contributed by atoms with E-state index in [4.69, 9.17) is 4.42 Å². The zero-order valence-corrected chi connectivity index (χ0v) is 15.7. The zero-order valence-electron chi connectivity index (χ0n) is 14.1. The second-order valence-electron chi connectivity index (χ2n) is 5.89. The number of furan rings is 1. The number of nitrogens with zero attached hydrogens (tertiary/aromatic N) is 2. The summed E-state index contributed by atoms with van der Waals surface area (Å²) in [6, 6.07) is 3.79. The number of thioether (sulfide) groups is 1. The van der Waals surface area contributed by atoms with Gasteiger partial charge in [0.05, 0.1) is 12.0 Å². The number of hydrogen-bond donors (Lipinski definition) is 1. The summed E-state index contributed by atoms with van der Waals surface area (Å²) in [6.07, 6.45) is 2.79. The number of rotatable bonds is 8. The maximum Gasteiger partial charge on any atom is 0.281 e. The molecule has 2 rings (SSSR count). The van der Waals surface area contributed by atoms with Gasteiger partial charge < -0.3 is 9.73 Å². The fourth-order valence-corrected chi connectivity index (χ4v) is 4.43. The van der Waals surface area contributed by atoms with Gasteiger partial charge in [-0.25, -0.2) is 0 Å². The van der Waals surface area contributed by atoms with Crippen LogP contribution in [-0.4, -0.2) is 62.4 Å². The summed E-state index contributed by atoms with van der Waals surface area (Å²) in [5, 5.41) is 2.94. The molecule has 0 radical (unpaired) electrons. The molecule has 0 saturated carbocycles. The van der Waals surface area contributed by atoms with Gasteiger partial charge in [-0.3, -0.25) is 4.79 Å². The van der Waals surface area contributed by atoms with Crippen molar-refractivity contribution in [1.82, 2.24) is 13.9 Å². The average molecular weight is 376 g/mol. The van der Waals surface area contributed by atoms with Gasteiger partial charge in [0.15, 0.2) is 0 Å². The van der Waals surface area contributed by atoms with Crippen molar-refractivity contribution in [2.75, 3.05) is 39.5 Å². The summed E-state index contributed by atoms with van der Waals surface area (Å²) in [7, 11) is -0.327. The van der Waals surface area contributed by atoms with Crippen LogP contribution in [-0.2, 0) is 20.8 Å². The molecule has 136 valence electrons. The molecule has 0 bridgehead atoms. The van der Waals surface area contributed by atoms with Crippen LogP contribution in [0.4, 0.5) is 0 Å². The van der Waals surface area contributed by atoms with E-state index in [2.05, 4.69) is 5.32 Å². The lowest BCUT2D eigenvalue weighted by Crippen LogP contribution is -2.47. The Morgan fingerprint density at radius 3 is 2.71 bits per heavy atom. The Bertz CT molecular complexity index is 609. The summed E-state index contributed by atoms with van der Waals surface area (Å²) in [5.74, 6) is 2.47. The maximum atomic E-state index is 12.2. The second kappa shape index (κ2) is 8.89. The van der Waals surface area contributed by atoms with Crippen molar-refractivity contribution >= 4 is 27.9 Å². The minimum atomic E-state index is -3.37. The SMILES string of the molecule is CN(C)S(=O)(=O)N1CCC(C(=O)NCCSCc2ccco2)CC1. The summed E-state index contributed by atoms with van der Waals surface area (Å²) in [4.78, 5) is 12.2. The third-order valence-electron chi connectivity index (χ3n) is 3.98. The third kappa shape index (κ3) is 5.23. The Morgan fingerprint density at radius 1 is 1.42 bits per heavy atom. The Kier molecular flexibility index (Phi) is 7.15. The molecule has 1 aliphatic rings. The van der Waals surface area contributed by atoms with Crippen LogP contribution in [0.1, 0.15) is 18.6 Å². The number of amides is 1. The number of hydrogen-bond acceptors (Lipinski definition) is 5. The van der Waals surface area contributed by atoms with E-state index in [9.17, 15) is 13.2 Å². The fraction of sp³-hybridized carbons (Fsp3) is 0.667. The molecule has 1 N–H and O–H groups in total. The smallest absolute Gasteiger partial charge is 0.281 e. The van der Waals surface area contributed by atoms with Crippen molar-refractivity contribution in [2.45, 2.75) is 18.6 Å². The van der Waals surface area contributed by atoms with Crippen LogP contribution in [0.2, 0.25) is 0 Å². The Hall–Kier alpha value is -1.03. The first-order chi connectivity index (χ1) is 11.4. The van der Waals surface area contributed by atoms with Gasteiger partial charge in [-0.05, 0) is 25.0 Å². The lowest BCUT2D eigenvalue weighted by atomic mass is 9.97. The van der Waals surface area contributed by atoms with E-state index < -0.39 is 10.2 Å². The molecule has 1 aromatic heterocycles. The fourth-order valence-electron chi connectivity index (χ4n) is 2.54. The van der Waals surface area contributed by atoms with Gasteiger partial charge in [-0.2, -0.15) is 28.8 Å². The van der Waals surface area contributed by atoms with E-state index in [1.807, 2.05) is 12.1 Å². The van der Waals surface area contributed by atoms with Crippen LogP contribution < -0.4 is 5.32 Å². The molecule has 1 amide bonds. The summed E-state index contributed by atoms with van der Waals surface area (Å²) in [5.41, 5.74) is 0. The topological polar surface area (TPSA) is 82.9 Å². The lowest BCUT2D eigenvalue weighted by molar-refractivity contribution is -0.125. The first kappa shape index (κ1) is 19.3. The molecule has 2 heterocycles. The predicted molar refractivity (Wildman–Crippen MR) is 94.8 cm³/mol. The van der Waals surface area contributed by atoms with Gasteiger partial charge in [0, 0.05) is 45.4 Å². The number of piperidine rings is 1. The van der Waals surface area contributed by atoms with Gasteiger partial charge in [0.25, 0.3) is 10.2 Å². The number of carbonyl (C=O) groups is 1. The molecule has 0 aromatic carbocycles.